The van der Waals surface area contributed by atoms with E-state index in [-0.39, 0.29) is 12.3 Å². The van der Waals surface area contributed by atoms with Crippen LogP contribution < -0.4 is 15.7 Å². The van der Waals surface area contributed by atoms with Gasteiger partial charge in [-0.15, -0.1) is 0 Å². The van der Waals surface area contributed by atoms with Crippen LogP contribution in [0.1, 0.15) is 21.5 Å². The number of hydroxylamine groups is 1. The summed E-state index contributed by atoms with van der Waals surface area (Å²) in [5.41, 5.74) is 4.66. The molecule has 1 aliphatic heterocycles. The molecule has 0 radical (unpaired) electrons. The molecule has 2 amide bonds. The number of benzene rings is 3. The fraction of sp³-hybridized carbons (Fsp3) is 0.130. The van der Waals surface area contributed by atoms with Crippen LogP contribution in [0.2, 0.25) is 0 Å². The molecule has 1 atom stereocenters. The minimum absolute atomic E-state index is 0.183. The molecular weight excluding hydrogens is 404 g/mol. The van der Waals surface area contributed by atoms with Crippen LogP contribution in [-0.2, 0) is 17.8 Å². The normalized spacial score (nSPS) is 15.3. The molecule has 0 spiro atoms. The molecule has 8 heteroatoms. The van der Waals surface area contributed by atoms with Crippen LogP contribution in [0.25, 0.3) is 0 Å². The zero-order chi connectivity index (χ0) is 22.0. The van der Waals surface area contributed by atoms with Gasteiger partial charge in [-0.05, 0) is 47.5 Å². The number of carbonyl (C=O) groups excluding carboxylic acids is 2. The SMILES string of the molecule is O=C(NO)c1ccc(CN2c3ccccc3NC(=O)C2Cc2ccc(F)c(F)c2)cc1. The topological polar surface area (TPSA) is 81.7 Å². The van der Waals surface area contributed by atoms with Crippen molar-refractivity contribution in [2.45, 2.75) is 19.0 Å². The summed E-state index contributed by atoms with van der Waals surface area (Å²) in [6.07, 6.45) is 0.183. The molecule has 6 nitrogen and oxygen atoms in total. The summed E-state index contributed by atoms with van der Waals surface area (Å²) < 4.78 is 27.0. The number of rotatable bonds is 5. The van der Waals surface area contributed by atoms with Crippen LogP contribution in [0.5, 0.6) is 0 Å². The van der Waals surface area contributed by atoms with Gasteiger partial charge >= 0.3 is 0 Å². The third-order valence-electron chi connectivity index (χ3n) is 5.23. The van der Waals surface area contributed by atoms with Gasteiger partial charge in [0.2, 0.25) is 5.91 Å². The van der Waals surface area contributed by atoms with Gasteiger partial charge < -0.3 is 10.2 Å². The molecule has 158 valence electrons. The zero-order valence-corrected chi connectivity index (χ0v) is 16.3. The largest absolute Gasteiger partial charge is 0.353 e. The average Bonchev–Trinajstić information content (AvgIpc) is 2.78. The predicted molar refractivity (Wildman–Crippen MR) is 111 cm³/mol. The molecule has 3 N–H and O–H groups in total. The van der Waals surface area contributed by atoms with E-state index in [1.54, 1.807) is 35.8 Å². The van der Waals surface area contributed by atoms with Gasteiger partial charge in [-0.25, -0.2) is 14.3 Å². The quantitative estimate of drug-likeness (QED) is 0.432. The van der Waals surface area contributed by atoms with Crippen molar-refractivity contribution < 1.29 is 23.6 Å². The lowest BCUT2D eigenvalue weighted by Gasteiger charge is -2.38. The third-order valence-corrected chi connectivity index (χ3v) is 5.23. The number of hydrogen-bond acceptors (Lipinski definition) is 4. The Morgan fingerprint density at radius 1 is 1.00 bits per heavy atom. The number of halogens is 2. The van der Waals surface area contributed by atoms with E-state index in [4.69, 9.17) is 5.21 Å². The molecule has 0 saturated carbocycles. The Morgan fingerprint density at radius 2 is 1.71 bits per heavy atom. The van der Waals surface area contributed by atoms with Gasteiger partial charge in [0, 0.05) is 18.5 Å². The van der Waals surface area contributed by atoms with Gasteiger partial charge in [0.15, 0.2) is 11.6 Å². The van der Waals surface area contributed by atoms with Gasteiger partial charge in [0.1, 0.15) is 6.04 Å². The second kappa shape index (κ2) is 8.53. The minimum atomic E-state index is -0.960. The first-order valence-electron chi connectivity index (χ1n) is 9.60. The number of para-hydroxylation sites is 2. The molecule has 0 saturated heterocycles. The zero-order valence-electron chi connectivity index (χ0n) is 16.3. The maximum absolute atomic E-state index is 13.7. The summed E-state index contributed by atoms with van der Waals surface area (Å²) in [5.74, 6) is -2.77. The lowest BCUT2D eigenvalue weighted by atomic mass is 9.99. The molecule has 3 aromatic rings. The van der Waals surface area contributed by atoms with Crippen molar-refractivity contribution in [3.8, 4) is 0 Å². The molecule has 0 aromatic heterocycles. The van der Waals surface area contributed by atoms with Crippen LogP contribution in [0, 0.1) is 11.6 Å². The summed E-state index contributed by atoms with van der Waals surface area (Å²) >= 11 is 0. The lowest BCUT2D eigenvalue weighted by Crippen LogP contribution is -2.49. The predicted octanol–water partition coefficient (Wildman–Crippen LogP) is 3.65. The number of fused-ring (bicyclic) bond motifs is 1. The van der Waals surface area contributed by atoms with Gasteiger partial charge in [-0.3, -0.25) is 14.8 Å². The van der Waals surface area contributed by atoms with Crippen molar-refractivity contribution in [2.24, 2.45) is 0 Å². The highest BCUT2D eigenvalue weighted by Crippen LogP contribution is 2.34. The van der Waals surface area contributed by atoms with Gasteiger partial charge in [-0.1, -0.05) is 30.3 Å². The van der Waals surface area contributed by atoms with E-state index in [1.165, 1.54) is 6.07 Å². The second-order valence-corrected chi connectivity index (χ2v) is 7.24. The summed E-state index contributed by atoms with van der Waals surface area (Å²) in [4.78, 5) is 26.3. The average molecular weight is 423 g/mol. The first-order chi connectivity index (χ1) is 15.0. The summed E-state index contributed by atoms with van der Waals surface area (Å²) in [6, 6.07) is 16.9. The van der Waals surface area contributed by atoms with Crippen LogP contribution >= 0.6 is 0 Å². The van der Waals surface area contributed by atoms with Crippen molar-refractivity contribution in [3.05, 3.63) is 95.1 Å². The highest BCUT2D eigenvalue weighted by molar-refractivity contribution is 6.03. The number of nitrogens with one attached hydrogen (secondary N) is 2. The van der Waals surface area contributed by atoms with Crippen molar-refractivity contribution in [1.29, 1.82) is 0 Å². The maximum Gasteiger partial charge on any atom is 0.274 e. The highest BCUT2D eigenvalue weighted by atomic mass is 19.2. The molecule has 4 rings (SSSR count). The van der Waals surface area contributed by atoms with Crippen molar-refractivity contribution in [2.75, 3.05) is 10.2 Å². The second-order valence-electron chi connectivity index (χ2n) is 7.24. The smallest absolute Gasteiger partial charge is 0.274 e. The Labute approximate surface area is 177 Å². The van der Waals surface area contributed by atoms with E-state index in [0.717, 1.165) is 23.4 Å². The van der Waals surface area contributed by atoms with E-state index in [1.807, 2.05) is 23.1 Å². The molecule has 1 unspecified atom stereocenters. The number of nitrogens with zero attached hydrogens (tertiary/aromatic N) is 1. The lowest BCUT2D eigenvalue weighted by molar-refractivity contribution is -0.117. The molecule has 0 bridgehead atoms. The van der Waals surface area contributed by atoms with E-state index >= 15 is 0 Å². The third kappa shape index (κ3) is 4.24. The number of anilines is 2. The van der Waals surface area contributed by atoms with Crippen molar-refractivity contribution in [1.82, 2.24) is 5.48 Å². The maximum atomic E-state index is 13.7. The van der Waals surface area contributed by atoms with E-state index < -0.39 is 23.6 Å². The van der Waals surface area contributed by atoms with Crippen LogP contribution in [-0.4, -0.2) is 23.1 Å². The first-order valence-corrected chi connectivity index (χ1v) is 9.60. The van der Waals surface area contributed by atoms with E-state index in [0.29, 0.717) is 23.4 Å². The summed E-state index contributed by atoms with van der Waals surface area (Å²) in [5, 5.41) is 11.6. The van der Waals surface area contributed by atoms with E-state index in [9.17, 15) is 18.4 Å². The van der Waals surface area contributed by atoms with Crippen LogP contribution in [0.4, 0.5) is 20.2 Å². The Kier molecular flexibility index (Phi) is 5.64. The molecular formula is C23H19F2N3O3. The van der Waals surface area contributed by atoms with Crippen LogP contribution in [0.15, 0.2) is 66.7 Å². The Morgan fingerprint density at radius 3 is 2.42 bits per heavy atom. The summed E-state index contributed by atoms with van der Waals surface area (Å²) in [6.45, 7) is 0.347. The first kappa shape index (κ1) is 20.5. The monoisotopic (exact) mass is 423 g/mol. The Hall–Kier alpha value is -3.78. The molecule has 0 fully saturated rings. The molecule has 1 aliphatic rings. The van der Waals surface area contributed by atoms with Crippen molar-refractivity contribution in [3.63, 3.8) is 0 Å². The van der Waals surface area contributed by atoms with Crippen molar-refractivity contribution >= 4 is 23.2 Å². The number of hydrogen-bond donors (Lipinski definition) is 3. The molecule has 3 aromatic carbocycles. The fourth-order valence-corrected chi connectivity index (χ4v) is 3.67. The number of amides is 2. The number of carbonyl (C=O) groups is 2. The summed E-state index contributed by atoms with van der Waals surface area (Å²) in [7, 11) is 0. The van der Waals surface area contributed by atoms with E-state index in [2.05, 4.69) is 5.32 Å². The van der Waals surface area contributed by atoms with Gasteiger partial charge in [0.25, 0.3) is 5.91 Å². The molecule has 1 heterocycles. The van der Waals surface area contributed by atoms with Gasteiger partial charge in [-0.2, -0.15) is 0 Å². The Balaban J connectivity index is 1.66. The van der Waals surface area contributed by atoms with Crippen LogP contribution in [0.3, 0.4) is 0 Å². The molecule has 31 heavy (non-hydrogen) atoms. The minimum Gasteiger partial charge on any atom is -0.353 e. The highest BCUT2D eigenvalue weighted by Gasteiger charge is 2.33. The Bertz CT molecular complexity index is 1140. The standard InChI is InChI=1S/C23H19F2N3O3/c24-17-10-7-15(11-18(17)25)12-21-23(30)26-19-3-1-2-4-20(19)28(21)13-14-5-8-16(9-6-14)22(29)27-31/h1-11,21,31H,12-13H2,(H,26,30)(H,27,29). The van der Waals surface area contributed by atoms with Gasteiger partial charge in [0.05, 0.1) is 11.4 Å². The molecule has 0 aliphatic carbocycles. The fourth-order valence-electron chi connectivity index (χ4n) is 3.67.